The monoisotopic (exact) mass is 532 g/mol. The van der Waals surface area contributed by atoms with Gasteiger partial charge in [0.25, 0.3) is 5.91 Å². The maximum atomic E-state index is 13.2. The predicted molar refractivity (Wildman–Crippen MR) is 148 cm³/mol. The van der Waals surface area contributed by atoms with Crippen molar-refractivity contribution in [3.63, 3.8) is 0 Å². The van der Waals surface area contributed by atoms with E-state index in [0.717, 1.165) is 21.9 Å². The zero-order valence-corrected chi connectivity index (χ0v) is 22.9. The second kappa shape index (κ2) is 12.0. The van der Waals surface area contributed by atoms with Gasteiger partial charge in [-0.1, -0.05) is 35.3 Å². The summed E-state index contributed by atoms with van der Waals surface area (Å²) in [5.74, 6) is 1.12. The molecule has 0 spiro atoms. The van der Waals surface area contributed by atoms with Gasteiger partial charge in [-0.05, 0) is 81.8 Å². The quantitative estimate of drug-likeness (QED) is 0.249. The van der Waals surface area contributed by atoms with Crippen LogP contribution >= 0.6 is 35.0 Å². The summed E-state index contributed by atoms with van der Waals surface area (Å²) in [7, 11) is 1.59. The van der Waals surface area contributed by atoms with Crippen LogP contribution in [-0.4, -0.2) is 35.2 Å². The van der Waals surface area contributed by atoms with Crippen LogP contribution in [0.15, 0.2) is 52.9 Å². The largest absolute Gasteiger partial charge is 0.493 e. The smallest absolute Gasteiger partial charge is 0.266 e. The molecule has 2 aromatic rings. The van der Waals surface area contributed by atoms with E-state index in [1.165, 1.54) is 11.8 Å². The van der Waals surface area contributed by atoms with Gasteiger partial charge in [-0.3, -0.25) is 14.7 Å². The summed E-state index contributed by atoms with van der Waals surface area (Å²) in [4.78, 5) is 20.2. The molecule has 1 fully saturated rings. The lowest BCUT2D eigenvalue weighted by Crippen LogP contribution is -2.35. The fourth-order valence-electron chi connectivity index (χ4n) is 3.58. The number of halogens is 2. The Hall–Kier alpha value is -2.41. The molecule has 1 aliphatic heterocycles. The van der Waals surface area contributed by atoms with E-state index in [9.17, 15) is 4.79 Å². The number of aliphatic imine (C=N–C) groups is 1. The highest BCUT2D eigenvalue weighted by Crippen LogP contribution is 2.38. The van der Waals surface area contributed by atoms with E-state index in [4.69, 9.17) is 32.7 Å². The first kappa shape index (κ1) is 27.2. The van der Waals surface area contributed by atoms with Gasteiger partial charge in [-0.15, -0.1) is 6.58 Å². The Morgan fingerprint density at radius 2 is 1.89 bits per heavy atom. The van der Waals surface area contributed by atoms with Crippen LogP contribution in [0.4, 0.5) is 0 Å². The van der Waals surface area contributed by atoms with Crippen molar-refractivity contribution in [2.24, 2.45) is 4.99 Å². The summed E-state index contributed by atoms with van der Waals surface area (Å²) in [5.41, 5.74) is 2.54. The number of thioether (sulfide) groups is 1. The third kappa shape index (κ3) is 6.63. The molecule has 1 saturated heterocycles. The standard InChI is InChI=1S/C27H30Cl2N2O3S/c1-7-8-19-11-18(13-24-26(32)31(17(4)5)27(35-24)30-16(2)3)12-23(33-6)25(19)34-15-20-9-10-21(28)14-22(20)29/h7,9-14,16-17H,1,8,15H2,2-6H3/b24-13+,30-27?. The lowest BCUT2D eigenvalue weighted by molar-refractivity contribution is -0.123. The van der Waals surface area contributed by atoms with Gasteiger partial charge in [0.2, 0.25) is 0 Å². The summed E-state index contributed by atoms with van der Waals surface area (Å²) in [5, 5.41) is 1.83. The van der Waals surface area contributed by atoms with Crippen molar-refractivity contribution in [3.8, 4) is 11.5 Å². The van der Waals surface area contributed by atoms with Gasteiger partial charge < -0.3 is 9.47 Å². The normalized spacial score (nSPS) is 16.1. The van der Waals surface area contributed by atoms with Gasteiger partial charge in [0.05, 0.1) is 12.0 Å². The molecule has 0 saturated carbocycles. The van der Waals surface area contributed by atoms with Crippen LogP contribution in [0.1, 0.15) is 44.4 Å². The summed E-state index contributed by atoms with van der Waals surface area (Å²) in [6.45, 7) is 12.1. The summed E-state index contributed by atoms with van der Waals surface area (Å²) < 4.78 is 11.8. The number of carbonyl (C=O) groups excluding carboxylic acids is 1. The zero-order chi connectivity index (χ0) is 25.7. The molecule has 0 unspecified atom stereocenters. The highest BCUT2D eigenvalue weighted by atomic mass is 35.5. The van der Waals surface area contributed by atoms with E-state index in [-0.39, 0.29) is 24.6 Å². The molecule has 35 heavy (non-hydrogen) atoms. The Morgan fingerprint density at radius 3 is 2.49 bits per heavy atom. The van der Waals surface area contributed by atoms with Gasteiger partial charge in [-0.25, -0.2) is 0 Å². The van der Waals surface area contributed by atoms with Gasteiger partial charge in [0, 0.05) is 33.3 Å². The van der Waals surface area contributed by atoms with Crippen LogP contribution in [0.5, 0.6) is 11.5 Å². The molecule has 0 atom stereocenters. The van der Waals surface area contributed by atoms with Crippen LogP contribution in [0.2, 0.25) is 10.0 Å². The van der Waals surface area contributed by atoms with Crippen LogP contribution < -0.4 is 9.47 Å². The topological polar surface area (TPSA) is 51.1 Å². The lowest BCUT2D eigenvalue weighted by Gasteiger charge is -2.20. The van der Waals surface area contributed by atoms with Crippen molar-refractivity contribution in [1.29, 1.82) is 0 Å². The molecule has 8 heteroatoms. The molecule has 186 valence electrons. The molecule has 0 radical (unpaired) electrons. The SMILES string of the molecule is C=CCc1cc(/C=C2/SC(=NC(C)C)N(C(C)C)C2=O)cc(OC)c1OCc1ccc(Cl)cc1Cl. The third-order valence-electron chi connectivity index (χ3n) is 5.15. The van der Waals surface area contributed by atoms with Crippen molar-refractivity contribution in [1.82, 2.24) is 4.90 Å². The van der Waals surface area contributed by atoms with E-state index in [1.807, 2.05) is 52.0 Å². The number of carbonyl (C=O) groups is 1. The number of allylic oxidation sites excluding steroid dienone is 1. The zero-order valence-electron chi connectivity index (χ0n) is 20.6. The predicted octanol–water partition coefficient (Wildman–Crippen LogP) is 7.40. The maximum absolute atomic E-state index is 13.2. The van der Waals surface area contributed by atoms with Gasteiger partial charge in [-0.2, -0.15) is 0 Å². The molecule has 0 N–H and O–H groups in total. The van der Waals surface area contributed by atoms with Crippen molar-refractivity contribution in [3.05, 3.63) is 74.6 Å². The molecule has 2 aromatic carbocycles. The molecule has 1 aliphatic rings. The van der Waals surface area contributed by atoms with Crippen LogP contribution in [0.3, 0.4) is 0 Å². The van der Waals surface area contributed by atoms with E-state index in [2.05, 4.69) is 11.6 Å². The number of rotatable bonds is 9. The van der Waals surface area contributed by atoms with E-state index in [1.54, 1.807) is 30.2 Å². The Balaban J connectivity index is 1.97. The number of benzene rings is 2. The number of amidine groups is 1. The fourth-order valence-corrected chi connectivity index (χ4v) is 5.28. The number of hydrogen-bond donors (Lipinski definition) is 0. The highest BCUT2D eigenvalue weighted by Gasteiger charge is 2.35. The van der Waals surface area contributed by atoms with E-state index >= 15 is 0 Å². The van der Waals surface area contributed by atoms with E-state index in [0.29, 0.717) is 32.9 Å². The minimum atomic E-state index is -0.0497. The van der Waals surface area contributed by atoms with Crippen molar-refractivity contribution in [2.75, 3.05) is 7.11 Å². The number of amides is 1. The molecule has 0 aliphatic carbocycles. The first-order valence-electron chi connectivity index (χ1n) is 11.3. The molecule has 0 bridgehead atoms. The molecular formula is C27H30Cl2N2O3S. The summed E-state index contributed by atoms with van der Waals surface area (Å²) >= 11 is 13.7. The van der Waals surface area contributed by atoms with Gasteiger partial charge in [0.15, 0.2) is 16.7 Å². The Bertz CT molecular complexity index is 1180. The number of nitrogens with zero attached hydrogens (tertiary/aromatic N) is 2. The summed E-state index contributed by atoms with van der Waals surface area (Å²) in [6, 6.07) is 9.26. The maximum Gasteiger partial charge on any atom is 0.266 e. The average Bonchev–Trinajstić information content (AvgIpc) is 3.07. The third-order valence-corrected chi connectivity index (χ3v) is 6.73. The van der Waals surface area contributed by atoms with E-state index < -0.39 is 0 Å². The minimum Gasteiger partial charge on any atom is -0.493 e. The first-order chi connectivity index (χ1) is 16.6. The lowest BCUT2D eigenvalue weighted by atomic mass is 10.0. The Kier molecular flexibility index (Phi) is 9.34. The van der Waals surface area contributed by atoms with Crippen LogP contribution in [-0.2, 0) is 17.8 Å². The average molecular weight is 534 g/mol. The number of ether oxygens (including phenoxy) is 2. The molecule has 1 amide bonds. The molecule has 0 aromatic heterocycles. The molecular weight excluding hydrogens is 503 g/mol. The van der Waals surface area contributed by atoms with Crippen LogP contribution in [0, 0.1) is 0 Å². The minimum absolute atomic E-state index is 0.0136. The number of hydrogen-bond acceptors (Lipinski definition) is 5. The van der Waals surface area contributed by atoms with Gasteiger partial charge >= 0.3 is 0 Å². The van der Waals surface area contributed by atoms with Crippen molar-refractivity contribution >= 4 is 52.1 Å². The second-order valence-corrected chi connectivity index (χ2v) is 10.5. The van der Waals surface area contributed by atoms with Crippen LogP contribution in [0.25, 0.3) is 6.08 Å². The van der Waals surface area contributed by atoms with Crippen molar-refractivity contribution < 1.29 is 14.3 Å². The van der Waals surface area contributed by atoms with Crippen molar-refractivity contribution in [2.45, 2.75) is 52.8 Å². The van der Waals surface area contributed by atoms with Gasteiger partial charge in [0.1, 0.15) is 6.61 Å². The Labute approximate surface area is 221 Å². The molecule has 1 heterocycles. The number of methoxy groups -OCH3 is 1. The molecule has 5 nitrogen and oxygen atoms in total. The first-order valence-corrected chi connectivity index (χ1v) is 12.9. The second-order valence-electron chi connectivity index (χ2n) is 8.61. The highest BCUT2D eigenvalue weighted by molar-refractivity contribution is 8.18. The summed E-state index contributed by atoms with van der Waals surface area (Å²) in [6.07, 6.45) is 4.24. The Morgan fingerprint density at radius 1 is 1.14 bits per heavy atom. The fraction of sp³-hybridized carbons (Fsp3) is 0.333. The molecule has 3 rings (SSSR count).